The highest BCUT2D eigenvalue weighted by atomic mass is 16.2. The minimum absolute atomic E-state index is 0.00109. The van der Waals surface area contributed by atoms with E-state index >= 15 is 0 Å². The quantitative estimate of drug-likeness (QED) is 0.618. The van der Waals surface area contributed by atoms with E-state index in [-0.39, 0.29) is 43.1 Å². The Labute approximate surface area is 201 Å². The van der Waals surface area contributed by atoms with Gasteiger partial charge in [0.1, 0.15) is 0 Å². The fourth-order valence-electron chi connectivity index (χ4n) is 5.38. The van der Waals surface area contributed by atoms with Gasteiger partial charge in [0.05, 0.1) is 12.0 Å². The van der Waals surface area contributed by atoms with Crippen molar-refractivity contribution in [1.82, 2.24) is 19.7 Å². The Bertz CT molecular complexity index is 1070. The molecule has 180 valence electrons. The Kier molecular flexibility index (Phi) is 6.84. The normalized spacial score (nSPS) is 23.7. The Hall–Kier alpha value is -3.06. The molecule has 0 aliphatic carbocycles. The summed E-state index contributed by atoms with van der Waals surface area (Å²) in [5.74, 6) is -0.300. The maximum atomic E-state index is 14.0. The van der Waals surface area contributed by atoms with Gasteiger partial charge in [0.15, 0.2) is 0 Å². The molecule has 0 bridgehead atoms. The summed E-state index contributed by atoms with van der Waals surface area (Å²) in [4.78, 5) is 50.6. The summed E-state index contributed by atoms with van der Waals surface area (Å²) >= 11 is 0. The van der Waals surface area contributed by atoms with Crippen LogP contribution >= 0.6 is 0 Å². The topological polar surface area (TPSA) is 73.8 Å². The molecule has 0 saturated carbocycles. The number of nitrogens with zero attached hydrogens (tertiary/aromatic N) is 4. The average molecular weight is 463 g/mol. The van der Waals surface area contributed by atoms with Crippen molar-refractivity contribution in [2.24, 2.45) is 5.92 Å². The third-order valence-electron chi connectivity index (χ3n) is 7.30. The van der Waals surface area contributed by atoms with Crippen molar-refractivity contribution in [3.8, 4) is 0 Å². The first-order chi connectivity index (χ1) is 16.2. The summed E-state index contributed by atoms with van der Waals surface area (Å²) in [6.45, 7) is 8.59. The first-order valence-corrected chi connectivity index (χ1v) is 12.0. The molecule has 4 rings (SSSR count). The average Bonchev–Trinajstić information content (AvgIpc) is 3.04. The molecule has 2 saturated heterocycles. The van der Waals surface area contributed by atoms with Crippen LogP contribution in [0.25, 0.3) is 0 Å². The highest BCUT2D eigenvalue weighted by Crippen LogP contribution is 2.42. The van der Waals surface area contributed by atoms with Crippen molar-refractivity contribution in [2.75, 3.05) is 26.7 Å². The van der Waals surface area contributed by atoms with Crippen molar-refractivity contribution < 1.29 is 14.4 Å². The van der Waals surface area contributed by atoms with E-state index in [1.807, 2.05) is 42.2 Å². The molecule has 0 unspecified atom stereocenters. The number of pyridine rings is 1. The van der Waals surface area contributed by atoms with Crippen LogP contribution in [-0.4, -0.2) is 70.1 Å². The van der Waals surface area contributed by atoms with Gasteiger partial charge in [-0.25, -0.2) is 0 Å². The number of amides is 3. The van der Waals surface area contributed by atoms with E-state index < -0.39 is 5.41 Å². The third-order valence-corrected chi connectivity index (χ3v) is 7.30. The largest absolute Gasteiger partial charge is 0.337 e. The molecule has 34 heavy (non-hydrogen) atoms. The van der Waals surface area contributed by atoms with Crippen LogP contribution in [0.5, 0.6) is 0 Å². The van der Waals surface area contributed by atoms with Crippen LogP contribution in [0.3, 0.4) is 0 Å². The van der Waals surface area contributed by atoms with E-state index in [4.69, 9.17) is 0 Å². The molecule has 2 atom stereocenters. The van der Waals surface area contributed by atoms with Gasteiger partial charge in [0, 0.05) is 50.9 Å². The lowest BCUT2D eigenvalue weighted by molar-refractivity contribution is -0.145. The van der Waals surface area contributed by atoms with Crippen LogP contribution < -0.4 is 0 Å². The molecular formula is C27H34N4O3. The summed E-state index contributed by atoms with van der Waals surface area (Å²) in [6.07, 6.45) is 3.33. The molecule has 2 fully saturated rings. The Morgan fingerprint density at radius 1 is 1.15 bits per heavy atom. The number of benzene rings is 1. The predicted octanol–water partition coefficient (Wildman–Crippen LogP) is 2.78. The zero-order valence-corrected chi connectivity index (χ0v) is 20.5. The van der Waals surface area contributed by atoms with Crippen molar-refractivity contribution >= 4 is 17.7 Å². The SMILES string of the molecule is Cc1ccccc1[C@]1(CC(=O)N2CCN(C)C[C@@H]2C(C)C)CC(=O)N(Cc2cccnc2)C1=O. The summed E-state index contributed by atoms with van der Waals surface area (Å²) in [5.41, 5.74) is 1.28. The molecule has 7 nitrogen and oxygen atoms in total. The van der Waals surface area contributed by atoms with Gasteiger partial charge < -0.3 is 9.80 Å². The lowest BCUT2D eigenvalue weighted by atomic mass is 9.73. The second kappa shape index (κ2) is 9.66. The third kappa shape index (κ3) is 4.49. The molecule has 2 aromatic rings. The first-order valence-electron chi connectivity index (χ1n) is 12.0. The lowest BCUT2D eigenvalue weighted by Gasteiger charge is -2.43. The standard InChI is InChI=1S/C27H34N4O3/c1-19(2)23-18-29(4)12-13-30(23)24(32)14-27(22-10-6-5-8-20(22)3)15-25(33)31(26(27)34)17-21-9-7-11-28-16-21/h5-11,16,19,23H,12-15,17-18H2,1-4H3/t23-,27+/m1/s1. The Morgan fingerprint density at radius 2 is 1.91 bits per heavy atom. The van der Waals surface area contributed by atoms with Crippen molar-refractivity contribution in [3.63, 3.8) is 0 Å². The van der Waals surface area contributed by atoms with Crippen LogP contribution in [0, 0.1) is 12.8 Å². The zero-order chi connectivity index (χ0) is 24.5. The number of aryl methyl sites for hydroxylation is 1. The number of carbonyl (C=O) groups is 3. The number of likely N-dealkylation sites (tertiary alicyclic amines) is 1. The van der Waals surface area contributed by atoms with E-state index in [0.717, 1.165) is 29.8 Å². The fraction of sp³-hybridized carbons (Fsp3) is 0.481. The Balaban J connectivity index is 1.69. The van der Waals surface area contributed by atoms with Gasteiger partial charge >= 0.3 is 0 Å². The number of aromatic nitrogens is 1. The number of likely N-dealkylation sites (N-methyl/N-ethyl adjacent to an activating group) is 1. The van der Waals surface area contributed by atoms with Gasteiger partial charge in [0.25, 0.3) is 0 Å². The Morgan fingerprint density at radius 3 is 2.59 bits per heavy atom. The highest BCUT2D eigenvalue weighted by Gasteiger charge is 2.55. The molecule has 2 aliphatic heterocycles. The van der Waals surface area contributed by atoms with Crippen LogP contribution in [0.2, 0.25) is 0 Å². The summed E-state index contributed by atoms with van der Waals surface area (Å²) in [7, 11) is 2.07. The molecule has 0 radical (unpaired) electrons. The first kappa shape index (κ1) is 24.1. The number of hydrogen-bond acceptors (Lipinski definition) is 5. The zero-order valence-electron chi connectivity index (χ0n) is 20.5. The monoisotopic (exact) mass is 462 g/mol. The van der Waals surface area contributed by atoms with Crippen molar-refractivity contribution in [1.29, 1.82) is 0 Å². The van der Waals surface area contributed by atoms with Gasteiger partial charge in [-0.2, -0.15) is 0 Å². The van der Waals surface area contributed by atoms with Gasteiger partial charge in [-0.05, 0) is 42.6 Å². The maximum Gasteiger partial charge on any atom is 0.241 e. The van der Waals surface area contributed by atoms with Gasteiger partial charge in [-0.3, -0.25) is 24.3 Å². The van der Waals surface area contributed by atoms with E-state index in [2.05, 4.69) is 30.8 Å². The molecule has 2 aliphatic rings. The molecule has 3 amide bonds. The number of carbonyl (C=O) groups excluding carboxylic acids is 3. The van der Waals surface area contributed by atoms with Crippen molar-refractivity contribution in [3.05, 3.63) is 65.5 Å². The predicted molar refractivity (Wildman–Crippen MR) is 130 cm³/mol. The number of imide groups is 1. The van der Waals surface area contributed by atoms with Gasteiger partial charge in [-0.1, -0.05) is 44.2 Å². The number of piperazine rings is 1. The molecular weight excluding hydrogens is 428 g/mol. The fourth-order valence-corrected chi connectivity index (χ4v) is 5.38. The highest BCUT2D eigenvalue weighted by molar-refractivity contribution is 6.10. The molecule has 1 aromatic carbocycles. The van der Waals surface area contributed by atoms with Crippen LogP contribution in [0.4, 0.5) is 0 Å². The van der Waals surface area contributed by atoms with E-state index in [9.17, 15) is 14.4 Å². The molecule has 0 N–H and O–H groups in total. The lowest BCUT2D eigenvalue weighted by Crippen LogP contribution is -2.57. The molecule has 0 spiro atoms. The van der Waals surface area contributed by atoms with Crippen molar-refractivity contribution in [2.45, 2.75) is 51.6 Å². The molecule has 7 heteroatoms. The number of hydrogen-bond donors (Lipinski definition) is 0. The summed E-state index contributed by atoms with van der Waals surface area (Å²) < 4.78 is 0. The van der Waals surface area contributed by atoms with Crippen LogP contribution in [-0.2, 0) is 26.3 Å². The number of rotatable bonds is 6. The van der Waals surface area contributed by atoms with E-state index in [0.29, 0.717) is 12.5 Å². The van der Waals surface area contributed by atoms with E-state index in [1.165, 1.54) is 4.90 Å². The second-order valence-corrected chi connectivity index (χ2v) is 10.1. The van der Waals surface area contributed by atoms with E-state index in [1.54, 1.807) is 18.5 Å². The van der Waals surface area contributed by atoms with Gasteiger partial charge in [0.2, 0.25) is 17.7 Å². The molecule has 3 heterocycles. The minimum Gasteiger partial charge on any atom is -0.337 e. The van der Waals surface area contributed by atoms with Crippen LogP contribution in [0.1, 0.15) is 43.4 Å². The minimum atomic E-state index is -1.19. The molecule has 1 aromatic heterocycles. The van der Waals surface area contributed by atoms with Gasteiger partial charge in [-0.15, -0.1) is 0 Å². The summed E-state index contributed by atoms with van der Waals surface area (Å²) in [5, 5.41) is 0. The maximum absolute atomic E-state index is 14.0. The summed E-state index contributed by atoms with van der Waals surface area (Å²) in [6, 6.07) is 11.4. The van der Waals surface area contributed by atoms with Crippen LogP contribution in [0.15, 0.2) is 48.8 Å². The second-order valence-electron chi connectivity index (χ2n) is 10.1. The smallest absolute Gasteiger partial charge is 0.241 e.